The van der Waals surface area contributed by atoms with Crippen molar-refractivity contribution in [2.45, 2.75) is 51.5 Å². The SMILES string of the molecule is CCCCCC(=O)N(CC(=O)Nc1ccon1)C1CC1. The van der Waals surface area contributed by atoms with Gasteiger partial charge in [0, 0.05) is 18.5 Å². The molecule has 1 aliphatic carbocycles. The highest BCUT2D eigenvalue weighted by Gasteiger charge is 2.33. The maximum Gasteiger partial charge on any atom is 0.245 e. The van der Waals surface area contributed by atoms with Gasteiger partial charge in [-0.3, -0.25) is 9.59 Å². The Morgan fingerprint density at radius 3 is 2.85 bits per heavy atom. The van der Waals surface area contributed by atoms with Crippen LogP contribution in [-0.2, 0) is 9.59 Å². The summed E-state index contributed by atoms with van der Waals surface area (Å²) >= 11 is 0. The fourth-order valence-electron chi connectivity index (χ4n) is 2.09. The number of nitrogens with zero attached hydrogens (tertiary/aromatic N) is 2. The lowest BCUT2D eigenvalue weighted by Gasteiger charge is -2.21. The molecule has 0 bridgehead atoms. The number of nitrogens with one attached hydrogen (secondary N) is 1. The van der Waals surface area contributed by atoms with Crippen molar-refractivity contribution in [2.75, 3.05) is 11.9 Å². The van der Waals surface area contributed by atoms with Crippen LogP contribution in [0.15, 0.2) is 16.9 Å². The van der Waals surface area contributed by atoms with E-state index in [4.69, 9.17) is 0 Å². The monoisotopic (exact) mass is 279 g/mol. The van der Waals surface area contributed by atoms with Crippen LogP contribution in [0.1, 0.15) is 45.4 Å². The molecule has 0 atom stereocenters. The molecule has 20 heavy (non-hydrogen) atoms. The molecule has 0 aliphatic heterocycles. The molecule has 0 radical (unpaired) electrons. The Kier molecular flexibility index (Phi) is 5.15. The number of rotatable bonds is 8. The van der Waals surface area contributed by atoms with Gasteiger partial charge in [0.15, 0.2) is 5.82 Å². The second kappa shape index (κ2) is 7.07. The van der Waals surface area contributed by atoms with E-state index in [9.17, 15) is 9.59 Å². The van der Waals surface area contributed by atoms with Gasteiger partial charge in [-0.2, -0.15) is 0 Å². The minimum Gasteiger partial charge on any atom is -0.363 e. The molecule has 0 unspecified atom stereocenters. The van der Waals surface area contributed by atoms with Crippen LogP contribution in [0.25, 0.3) is 0 Å². The summed E-state index contributed by atoms with van der Waals surface area (Å²) in [7, 11) is 0. The predicted molar refractivity (Wildman–Crippen MR) is 74.0 cm³/mol. The van der Waals surface area contributed by atoms with Gasteiger partial charge in [0.1, 0.15) is 12.8 Å². The van der Waals surface area contributed by atoms with E-state index in [0.717, 1.165) is 32.1 Å². The summed E-state index contributed by atoms with van der Waals surface area (Å²) in [5.74, 6) is 0.232. The predicted octanol–water partition coefficient (Wildman–Crippen LogP) is 2.18. The lowest BCUT2D eigenvalue weighted by molar-refractivity contribution is -0.135. The van der Waals surface area contributed by atoms with Crippen LogP contribution in [0.3, 0.4) is 0 Å². The first-order chi connectivity index (χ1) is 9.70. The van der Waals surface area contributed by atoms with E-state index in [1.54, 1.807) is 11.0 Å². The highest BCUT2D eigenvalue weighted by molar-refractivity contribution is 5.93. The van der Waals surface area contributed by atoms with Crippen LogP contribution < -0.4 is 5.32 Å². The molecule has 1 aromatic heterocycles. The zero-order valence-electron chi connectivity index (χ0n) is 11.8. The van der Waals surface area contributed by atoms with Gasteiger partial charge >= 0.3 is 0 Å². The summed E-state index contributed by atoms with van der Waals surface area (Å²) in [5, 5.41) is 6.24. The van der Waals surface area contributed by atoms with Gasteiger partial charge in [-0.15, -0.1) is 0 Å². The first-order valence-corrected chi connectivity index (χ1v) is 7.20. The molecule has 1 aliphatic rings. The zero-order valence-corrected chi connectivity index (χ0v) is 11.8. The summed E-state index contributed by atoms with van der Waals surface area (Å²) in [5.41, 5.74) is 0. The minimum absolute atomic E-state index is 0.0799. The molecule has 0 spiro atoms. The number of unbranched alkanes of at least 4 members (excludes halogenated alkanes) is 2. The lowest BCUT2D eigenvalue weighted by Crippen LogP contribution is -2.39. The summed E-state index contributed by atoms with van der Waals surface area (Å²) in [4.78, 5) is 25.7. The van der Waals surface area contributed by atoms with E-state index in [0.29, 0.717) is 12.2 Å². The number of hydrogen-bond donors (Lipinski definition) is 1. The number of amides is 2. The van der Waals surface area contributed by atoms with Crippen LogP contribution in [0, 0.1) is 0 Å². The Balaban J connectivity index is 1.82. The average molecular weight is 279 g/mol. The molecule has 1 N–H and O–H groups in total. The van der Waals surface area contributed by atoms with Gasteiger partial charge in [0.2, 0.25) is 11.8 Å². The van der Waals surface area contributed by atoms with E-state index in [-0.39, 0.29) is 24.4 Å². The van der Waals surface area contributed by atoms with Crippen LogP contribution in [0.5, 0.6) is 0 Å². The van der Waals surface area contributed by atoms with Gasteiger partial charge in [-0.05, 0) is 19.3 Å². The maximum atomic E-state index is 12.1. The van der Waals surface area contributed by atoms with Crippen LogP contribution in [0.4, 0.5) is 5.82 Å². The van der Waals surface area contributed by atoms with Gasteiger partial charge in [-0.1, -0.05) is 24.9 Å². The highest BCUT2D eigenvalue weighted by atomic mass is 16.5. The van der Waals surface area contributed by atoms with E-state index >= 15 is 0 Å². The van der Waals surface area contributed by atoms with Crippen molar-refractivity contribution in [1.82, 2.24) is 10.1 Å². The number of carbonyl (C=O) groups is 2. The van der Waals surface area contributed by atoms with Crippen molar-refractivity contribution in [2.24, 2.45) is 0 Å². The molecule has 110 valence electrons. The third-order valence-electron chi connectivity index (χ3n) is 3.32. The van der Waals surface area contributed by atoms with Crippen molar-refractivity contribution in [3.05, 3.63) is 12.3 Å². The molecule has 1 fully saturated rings. The van der Waals surface area contributed by atoms with E-state index < -0.39 is 0 Å². The zero-order chi connectivity index (χ0) is 14.4. The quantitative estimate of drug-likeness (QED) is 0.740. The van der Waals surface area contributed by atoms with Crippen molar-refractivity contribution in [3.8, 4) is 0 Å². The summed E-state index contributed by atoms with van der Waals surface area (Å²) in [6, 6.07) is 1.81. The first-order valence-electron chi connectivity index (χ1n) is 7.20. The molecule has 0 aromatic carbocycles. The Morgan fingerprint density at radius 1 is 1.45 bits per heavy atom. The third kappa shape index (κ3) is 4.36. The molecule has 0 saturated heterocycles. The molecule has 6 nitrogen and oxygen atoms in total. The van der Waals surface area contributed by atoms with Gasteiger partial charge < -0.3 is 14.7 Å². The molecular formula is C14H21N3O3. The topological polar surface area (TPSA) is 75.4 Å². The average Bonchev–Trinajstić information content (AvgIpc) is 3.14. The summed E-state index contributed by atoms with van der Waals surface area (Å²) in [6.07, 6.45) is 6.95. The molecule has 1 heterocycles. The Bertz CT molecular complexity index is 441. The second-order valence-corrected chi connectivity index (χ2v) is 5.14. The fourth-order valence-corrected chi connectivity index (χ4v) is 2.09. The molecule has 1 aromatic rings. The molecule has 2 rings (SSSR count). The van der Waals surface area contributed by atoms with Gasteiger partial charge in [-0.25, -0.2) is 0 Å². The minimum atomic E-state index is -0.227. The van der Waals surface area contributed by atoms with Crippen molar-refractivity contribution < 1.29 is 14.1 Å². The molecule has 1 saturated carbocycles. The number of hydrogen-bond acceptors (Lipinski definition) is 4. The number of anilines is 1. The molecule has 2 amide bonds. The first kappa shape index (κ1) is 14.6. The van der Waals surface area contributed by atoms with Crippen LogP contribution in [-0.4, -0.2) is 34.5 Å². The summed E-state index contributed by atoms with van der Waals surface area (Å²) in [6.45, 7) is 2.21. The van der Waals surface area contributed by atoms with Crippen LogP contribution in [0.2, 0.25) is 0 Å². The molecule has 6 heteroatoms. The normalized spacial score (nSPS) is 14.1. The number of carbonyl (C=O) groups excluding carboxylic acids is 2. The lowest BCUT2D eigenvalue weighted by atomic mass is 10.2. The fraction of sp³-hybridized carbons (Fsp3) is 0.643. The van der Waals surface area contributed by atoms with E-state index in [1.807, 2.05) is 0 Å². The largest absolute Gasteiger partial charge is 0.363 e. The van der Waals surface area contributed by atoms with E-state index in [1.165, 1.54) is 6.26 Å². The Hall–Kier alpha value is -1.85. The maximum absolute atomic E-state index is 12.1. The van der Waals surface area contributed by atoms with Gasteiger partial charge in [0.05, 0.1) is 0 Å². The Labute approximate surface area is 118 Å². The standard InChI is InChI=1S/C14H21N3O3/c1-2-3-4-5-14(19)17(11-6-7-11)10-13(18)15-12-8-9-20-16-12/h8-9,11H,2-7,10H2,1H3,(H,15,16,18). The van der Waals surface area contributed by atoms with Crippen molar-refractivity contribution >= 4 is 17.6 Å². The highest BCUT2D eigenvalue weighted by Crippen LogP contribution is 2.27. The van der Waals surface area contributed by atoms with Crippen LogP contribution >= 0.6 is 0 Å². The van der Waals surface area contributed by atoms with Gasteiger partial charge in [0.25, 0.3) is 0 Å². The molecular weight excluding hydrogens is 258 g/mol. The Morgan fingerprint density at radius 2 is 2.25 bits per heavy atom. The van der Waals surface area contributed by atoms with E-state index in [2.05, 4.69) is 21.9 Å². The summed E-state index contributed by atoms with van der Waals surface area (Å²) < 4.78 is 4.65. The van der Waals surface area contributed by atoms with Crippen molar-refractivity contribution in [3.63, 3.8) is 0 Å². The smallest absolute Gasteiger partial charge is 0.245 e. The third-order valence-corrected chi connectivity index (χ3v) is 3.32. The number of aromatic nitrogens is 1. The van der Waals surface area contributed by atoms with Crippen molar-refractivity contribution in [1.29, 1.82) is 0 Å². The second-order valence-electron chi connectivity index (χ2n) is 5.14.